The molecular weight excluding hydrogens is 201 g/mol. The van der Waals surface area contributed by atoms with Gasteiger partial charge in [-0.15, -0.1) is 0 Å². The fourth-order valence-electron chi connectivity index (χ4n) is 1.12. The first-order chi connectivity index (χ1) is 7.11. The zero-order valence-electron chi connectivity index (χ0n) is 8.54. The summed E-state index contributed by atoms with van der Waals surface area (Å²) in [5, 5.41) is 0. The van der Waals surface area contributed by atoms with Crippen LogP contribution in [0, 0.1) is 5.82 Å². The highest BCUT2D eigenvalue weighted by Gasteiger charge is 2.17. The lowest BCUT2D eigenvalue weighted by molar-refractivity contribution is 0.0527. The zero-order chi connectivity index (χ0) is 11.4. The highest BCUT2D eigenvalue weighted by Crippen LogP contribution is 2.26. The fraction of sp³-hybridized carbons (Fsp3) is 0.300. The van der Waals surface area contributed by atoms with Gasteiger partial charge in [-0.2, -0.15) is 0 Å². The predicted octanol–water partition coefficient (Wildman–Crippen LogP) is 1.59. The van der Waals surface area contributed by atoms with Crippen molar-refractivity contribution in [3.8, 4) is 5.75 Å². The van der Waals surface area contributed by atoms with E-state index in [-0.39, 0.29) is 23.6 Å². The Hall–Kier alpha value is -1.78. The number of carbonyl (C=O) groups is 1. The Kier molecular flexibility index (Phi) is 3.49. The number of hydrogen-bond donors (Lipinski definition) is 1. The van der Waals surface area contributed by atoms with Crippen LogP contribution in [0.3, 0.4) is 0 Å². The minimum Gasteiger partial charge on any atom is -0.494 e. The molecule has 1 aromatic rings. The maximum atomic E-state index is 13.4. The van der Waals surface area contributed by atoms with Crippen LogP contribution in [0.15, 0.2) is 12.1 Å². The number of carbonyl (C=O) groups excluding carboxylic acids is 1. The second-order valence-electron chi connectivity index (χ2n) is 2.76. The van der Waals surface area contributed by atoms with Crippen LogP contribution in [0.5, 0.6) is 5.75 Å². The van der Waals surface area contributed by atoms with Crippen LogP contribution >= 0.6 is 0 Å². The summed E-state index contributed by atoms with van der Waals surface area (Å²) in [6, 6.07) is 2.70. The molecule has 0 spiro atoms. The number of benzene rings is 1. The molecule has 0 radical (unpaired) electrons. The topological polar surface area (TPSA) is 61.5 Å². The standard InChI is InChI=1S/C10H12FNO3/c1-3-15-10(13)6-4-5-7(14-2)8(11)9(6)12/h4-5H,3,12H2,1-2H3. The third kappa shape index (κ3) is 2.18. The van der Waals surface area contributed by atoms with Gasteiger partial charge in [0.1, 0.15) is 0 Å². The van der Waals surface area contributed by atoms with E-state index in [1.165, 1.54) is 19.2 Å². The molecule has 2 N–H and O–H groups in total. The van der Waals surface area contributed by atoms with Gasteiger partial charge in [0.2, 0.25) is 0 Å². The van der Waals surface area contributed by atoms with E-state index in [4.69, 9.17) is 15.2 Å². The number of rotatable bonds is 3. The summed E-state index contributed by atoms with van der Waals surface area (Å²) in [5.74, 6) is -1.39. The molecule has 0 amide bonds. The van der Waals surface area contributed by atoms with Gasteiger partial charge in [0.15, 0.2) is 11.6 Å². The van der Waals surface area contributed by atoms with Gasteiger partial charge in [-0.05, 0) is 19.1 Å². The van der Waals surface area contributed by atoms with Crippen molar-refractivity contribution in [1.29, 1.82) is 0 Å². The molecular formula is C10H12FNO3. The molecule has 0 aromatic heterocycles. The van der Waals surface area contributed by atoms with Gasteiger partial charge < -0.3 is 15.2 Å². The normalized spacial score (nSPS) is 9.80. The summed E-state index contributed by atoms with van der Waals surface area (Å²) >= 11 is 0. The second-order valence-corrected chi connectivity index (χ2v) is 2.76. The molecule has 1 aromatic carbocycles. The first-order valence-electron chi connectivity index (χ1n) is 4.40. The Bertz CT molecular complexity index is 379. The first-order valence-corrected chi connectivity index (χ1v) is 4.40. The van der Waals surface area contributed by atoms with Crippen LogP contribution in [0.1, 0.15) is 17.3 Å². The number of anilines is 1. The predicted molar refractivity (Wildman–Crippen MR) is 53.3 cm³/mol. The van der Waals surface area contributed by atoms with Gasteiger partial charge in [0.05, 0.1) is 25.0 Å². The fourth-order valence-corrected chi connectivity index (χ4v) is 1.12. The van der Waals surface area contributed by atoms with Crippen molar-refractivity contribution >= 4 is 11.7 Å². The molecule has 4 nitrogen and oxygen atoms in total. The maximum Gasteiger partial charge on any atom is 0.340 e. The monoisotopic (exact) mass is 213 g/mol. The molecule has 5 heteroatoms. The number of nitrogens with two attached hydrogens (primary N) is 1. The average molecular weight is 213 g/mol. The van der Waals surface area contributed by atoms with E-state index in [9.17, 15) is 9.18 Å². The lowest BCUT2D eigenvalue weighted by atomic mass is 10.1. The molecule has 0 saturated heterocycles. The minimum absolute atomic E-state index is 0.000508. The molecule has 0 fully saturated rings. The van der Waals surface area contributed by atoms with Crippen LogP contribution in [0.2, 0.25) is 0 Å². The summed E-state index contributed by atoms with van der Waals surface area (Å²) in [4.78, 5) is 11.3. The number of hydrogen-bond acceptors (Lipinski definition) is 4. The molecule has 0 saturated carbocycles. The summed E-state index contributed by atoms with van der Waals surface area (Å²) in [7, 11) is 1.32. The molecule has 0 heterocycles. The van der Waals surface area contributed by atoms with Crippen molar-refractivity contribution in [2.24, 2.45) is 0 Å². The summed E-state index contributed by atoms with van der Waals surface area (Å²) in [6.45, 7) is 1.87. The van der Waals surface area contributed by atoms with Crippen molar-refractivity contribution < 1.29 is 18.7 Å². The molecule has 82 valence electrons. The molecule has 15 heavy (non-hydrogen) atoms. The van der Waals surface area contributed by atoms with Gasteiger partial charge in [0, 0.05) is 0 Å². The third-order valence-electron chi connectivity index (χ3n) is 1.86. The molecule has 0 aliphatic rings. The number of methoxy groups -OCH3 is 1. The van der Waals surface area contributed by atoms with E-state index >= 15 is 0 Å². The molecule has 1 rings (SSSR count). The number of nitrogen functional groups attached to an aromatic ring is 1. The van der Waals surface area contributed by atoms with Crippen molar-refractivity contribution in [2.45, 2.75) is 6.92 Å². The SMILES string of the molecule is CCOC(=O)c1ccc(OC)c(F)c1N. The van der Waals surface area contributed by atoms with Crippen molar-refractivity contribution in [3.05, 3.63) is 23.5 Å². The van der Waals surface area contributed by atoms with Crippen LogP contribution in [-0.2, 0) is 4.74 Å². The van der Waals surface area contributed by atoms with Crippen molar-refractivity contribution in [3.63, 3.8) is 0 Å². The molecule has 0 aliphatic carbocycles. The van der Waals surface area contributed by atoms with Gasteiger partial charge in [-0.3, -0.25) is 0 Å². The second kappa shape index (κ2) is 4.63. The van der Waals surface area contributed by atoms with Gasteiger partial charge in [-0.25, -0.2) is 9.18 Å². The molecule has 0 unspecified atom stereocenters. The molecule has 0 atom stereocenters. The maximum absolute atomic E-state index is 13.4. The largest absolute Gasteiger partial charge is 0.494 e. The third-order valence-corrected chi connectivity index (χ3v) is 1.86. The van der Waals surface area contributed by atoms with Crippen molar-refractivity contribution in [1.82, 2.24) is 0 Å². The Labute approximate surface area is 86.8 Å². The van der Waals surface area contributed by atoms with Crippen LogP contribution < -0.4 is 10.5 Å². The smallest absolute Gasteiger partial charge is 0.340 e. The lowest BCUT2D eigenvalue weighted by Crippen LogP contribution is -2.09. The lowest BCUT2D eigenvalue weighted by Gasteiger charge is -2.08. The van der Waals surface area contributed by atoms with Crippen molar-refractivity contribution in [2.75, 3.05) is 19.5 Å². The minimum atomic E-state index is -0.747. The number of ether oxygens (including phenoxy) is 2. The Balaban J connectivity index is 3.11. The molecule has 0 aliphatic heterocycles. The Morgan fingerprint density at radius 3 is 2.73 bits per heavy atom. The van der Waals surface area contributed by atoms with Crippen LogP contribution in [0.25, 0.3) is 0 Å². The average Bonchev–Trinajstić information content (AvgIpc) is 2.22. The quantitative estimate of drug-likeness (QED) is 0.611. The van der Waals surface area contributed by atoms with E-state index in [2.05, 4.69) is 0 Å². The van der Waals surface area contributed by atoms with E-state index in [1.54, 1.807) is 6.92 Å². The Morgan fingerprint density at radius 2 is 2.20 bits per heavy atom. The van der Waals surface area contributed by atoms with Crippen LogP contribution in [0.4, 0.5) is 10.1 Å². The van der Waals surface area contributed by atoms with Gasteiger partial charge in [-0.1, -0.05) is 0 Å². The Morgan fingerprint density at radius 1 is 1.53 bits per heavy atom. The summed E-state index contributed by atoms with van der Waals surface area (Å²) in [5.41, 5.74) is 5.19. The first kappa shape index (κ1) is 11.3. The van der Waals surface area contributed by atoms with E-state index < -0.39 is 11.8 Å². The summed E-state index contributed by atoms with van der Waals surface area (Å²) in [6.07, 6.45) is 0. The van der Waals surface area contributed by atoms with Gasteiger partial charge in [0.25, 0.3) is 0 Å². The van der Waals surface area contributed by atoms with E-state index in [1.807, 2.05) is 0 Å². The zero-order valence-corrected chi connectivity index (χ0v) is 8.54. The highest BCUT2D eigenvalue weighted by molar-refractivity contribution is 5.95. The van der Waals surface area contributed by atoms with E-state index in [0.29, 0.717) is 0 Å². The van der Waals surface area contributed by atoms with E-state index in [0.717, 1.165) is 0 Å². The number of esters is 1. The summed E-state index contributed by atoms with van der Waals surface area (Å²) < 4.78 is 22.8. The van der Waals surface area contributed by atoms with Gasteiger partial charge >= 0.3 is 5.97 Å². The molecule has 0 bridgehead atoms. The highest BCUT2D eigenvalue weighted by atomic mass is 19.1. The number of halogens is 1. The van der Waals surface area contributed by atoms with Crippen LogP contribution in [-0.4, -0.2) is 19.7 Å².